The predicted molar refractivity (Wildman–Crippen MR) is 37.7 cm³/mol. The van der Waals surface area contributed by atoms with Crippen molar-refractivity contribution < 1.29 is 19.8 Å². The lowest BCUT2D eigenvalue weighted by Crippen LogP contribution is -2.27. The maximum atomic E-state index is 10.6. The Kier molecular flexibility index (Phi) is 3.92. The van der Waals surface area contributed by atoms with E-state index in [0.29, 0.717) is 0 Å². The van der Waals surface area contributed by atoms with E-state index in [-0.39, 0.29) is 18.0 Å². The molecule has 0 aliphatic carbocycles. The number of carbonyl (C=O) groups excluding carboxylic acids is 2. The highest BCUT2D eigenvalue weighted by Crippen LogP contribution is 2.08. The van der Waals surface area contributed by atoms with E-state index in [1.807, 2.05) is 0 Å². The molecule has 0 aliphatic rings. The van der Waals surface area contributed by atoms with Crippen molar-refractivity contribution in [1.82, 2.24) is 0 Å². The second kappa shape index (κ2) is 4.20. The van der Waals surface area contributed by atoms with E-state index in [1.54, 1.807) is 0 Å². The van der Waals surface area contributed by atoms with Crippen LogP contribution in [0.2, 0.25) is 0 Å². The molecule has 4 nitrogen and oxygen atoms in total. The molecule has 0 rings (SSSR count). The summed E-state index contributed by atoms with van der Waals surface area (Å²) in [7, 11) is 0. The fraction of sp³-hybridized carbons (Fsp3) is 0.714. The predicted octanol–water partition coefficient (Wildman–Crippen LogP) is -0.519. The van der Waals surface area contributed by atoms with Gasteiger partial charge in [-0.15, -0.1) is 0 Å². The molecule has 0 radical (unpaired) electrons. The lowest BCUT2D eigenvalue weighted by Gasteiger charge is -2.13. The fourth-order valence-electron chi connectivity index (χ4n) is 0.769. The van der Waals surface area contributed by atoms with Gasteiger partial charge in [-0.25, -0.2) is 0 Å². The van der Waals surface area contributed by atoms with Crippen LogP contribution in [-0.2, 0) is 9.59 Å². The Morgan fingerprint density at radius 1 is 1.27 bits per heavy atom. The molecule has 0 aromatic heterocycles. The lowest BCUT2D eigenvalue weighted by molar-refractivity contribution is -0.142. The average molecular weight is 160 g/mol. The number of rotatable bonds is 4. The molecule has 0 aliphatic heterocycles. The van der Waals surface area contributed by atoms with Gasteiger partial charge in [-0.05, 0) is 13.8 Å². The van der Waals surface area contributed by atoms with Crippen LogP contribution < -0.4 is 0 Å². The minimum atomic E-state index is -1.73. The van der Waals surface area contributed by atoms with Gasteiger partial charge in [-0.2, -0.15) is 0 Å². The SMILES string of the molecule is CC(=O)CC(C(C)=O)C(O)O. The Bertz CT molecular complexity index is 162. The number of hydrogen-bond acceptors (Lipinski definition) is 4. The second-order valence-electron chi connectivity index (χ2n) is 2.54. The van der Waals surface area contributed by atoms with Crippen molar-refractivity contribution in [3.8, 4) is 0 Å². The summed E-state index contributed by atoms with van der Waals surface area (Å²) in [4.78, 5) is 21.1. The van der Waals surface area contributed by atoms with Gasteiger partial charge in [0.25, 0.3) is 0 Å². The topological polar surface area (TPSA) is 74.6 Å². The first kappa shape index (κ1) is 10.3. The van der Waals surface area contributed by atoms with Crippen LogP contribution in [0.5, 0.6) is 0 Å². The zero-order valence-corrected chi connectivity index (χ0v) is 6.57. The molecular formula is C7H12O4. The number of ketones is 2. The Hall–Kier alpha value is -0.740. The maximum Gasteiger partial charge on any atom is 0.161 e. The molecule has 1 unspecified atom stereocenters. The summed E-state index contributed by atoms with van der Waals surface area (Å²) >= 11 is 0. The van der Waals surface area contributed by atoms with E-state index in [9.17, 15) is 9.59 Å². The minimum Gasteiger partial charge on any atom is -0.367 e. The number of carbonyl (C=O) groups is 2. The summed E-state index contributed by atoms with van der Waals surface area (Å²) in [6.45, 7) is 2.53. The number of hydrogen-bond donors (Lipinski definition) is 2. The third-order valence-corrected chi connectivity index (χ3v) is 1.39. The van der Waals surface area contributed by atoms with Gasteiger partial charge in [0, 0.05) is 6.42 Å². The quantitative estimate of drug-likeness (QED) is 0.543. The fourth-order valence-corrected chi connectivity index (χ4v) is 0.769. The largest absolute Gasteiger partial charge is 0.367 e. The molecule has 64 valence electrons. The number of aliphatic hydroxyl groups is 2. The van der Waals surface area contributed by atoms with Crippen molar-refractivity contribution >= 4 is 11.6 Å². The van der Waals surface area contributed by atoms with Crippen LogP contribution in [0.25, 0.3) is 0 Å². The molecule has 0 aromatic rings. The van der Waals surface area contributed by atoms with Crippen LogP contribution in [0.15, 0.2) is 0 Å². The third-order valence-electron chi connectivity index (χ3n) is 1.39. The van der Waals surface area contributed by atoms with Gasteiger partial charge in [0.2, 0.25) is 0 Å². The molecule has 0 heterocycles. The smallest absolute Gasteiger partial charge is 0.161 e. The van der Waals surface area contributed by atoms with Crippen LogP contribution in [-0.4, -0.2) is 28.1 Å². The summed E-state index contributed by atoms with van der Waals surface area (Å²) in [6.07, 6.45) is -1.83. The monoisotopic (exact) mass is 160 g/mol. The van der Waals surface area contributed by atoms with E-state index >= 15 is 0 Å². The van der Waals surface area contributed by atoms with E-state index in [0.717, 1.165) is 0 Å². The highest BCUT2D eigenvalue weighted by molar-refractivity contribution is 5.85. The molecular weight excluding hydrogens is 148 g/mol. The third kappa shape index (κ3) is 3.85. The highest BCUT2D eigenvalue weighted by Gasteiger charge is 2.22. The number of Topliss-reactive ketones (excluding diaryl/α,β-unsaturated/α-hetero) is 2. The normalized spacial score (nSPS) is 13.2. The minimum absolute atomic E-state index is 0.104. The van der Waals surface area contributed by atoms with Gasteiger partial charge < -0.3 is 15.0 Å². The van der Waals surface area contributed by atoms with E-state index in [1.165, 1.54) is 13.8 Å². The highest BCUT2D eigenvalue weighted by atomic mass is 16.5. The summed E-state index contributed by atoms with van der Waals surface area (Å²) in [5, 5.41) is 17.2. The number of aliphatic hydroxyl groups excluding tert-OH is 1. The zero-order chi connectivity index (χ0) is 9.02. The summed E-state index contributed by atoms with van der Waals surface area (Å²) in [5.74, 6) is -1.57. The zero-order valence-electron chi connectivity index (χ0n) is 6.57. The van der Waals surface area contributed by atoms with E-state index in [4.69, 9.17) is 10.2 Å². The molecule has 0 saturated carbocycles. The van der Waals surface area contributed by atoms with Gasteiger partial charge in [-0.3, -0.25) is 4.79 Å². The Labute approximate surface area is 64.8 Å². The maximum absolute atomic E-state index is 10.6. The first-order valence-electron chi connectivity index (χ1n) is 3.31. The first-order valence-corrected chi connectivity index (χ1v) is 3.31. The van der Waals surface area contributed by atoms with Crippen molar-refractivity contribution in [2.75, 3.05) is 0 Å². The molecule has 1 atom stereocenters. The molecule has 0 aromatic carbocycles. The Morgan fingerprint density at radius 3 is 1.82 bits per heavy atom. The van der Waals surface area contributed by atoms with Gasteiger partial charge in [0.05, 0.1) is 5.92 Å². The average Bonchev–Trinajstić information content (AvgIpc) is 1.81. The van der Waals surface area contributed by atoms with Crippen molar-refractivity contribution in [2.24, 2.45) is 5.92 Å². The van der Waals surface area contributed by atoms with Crippen molar-refractivity contribution in [2.45, 2.75) is 26.6 Å². The van der Waals surface area contributed by atoms with Crippen molar-refractivity contribution in [1.29, 1.82) is 0 Å². The Balaban J connectivity index is 4.12. The first-order chi connectivity index (χ1) is 4.95. The van der Waals surface area contributed by atoms with E-state index < -0.39 is 12.2 Å². The van der Waals surface area contributed by atoms with Gasteiger partial charge in [0.1, 0.15) is 11.6 Å². The van der Waals surface area contributed by atoms with Crippen LogP contribution in [0.4, 0.5) is 0 Å². The molecule has 4 heteroatoms. The van der Waals surface area contributed by atoms with Crippen LogP contribution in [0.1, 0.15) is 20.3 Å². The molecule has 0 spiro atoms. The summed E-state index contributed by atoms with van der Waals surface area (Å²) in [6, 6.07) is 0. The standard InChI is InChI=1S/C7H12O4/c1-4(8)3-6(5(2)9)7(10)11/h6-7,10-11H,3H2,1-2H3. The lowest BCUT2D eigenvalue weighted by atomic mass is 9.99. The van der Waals surface area contributed by atoms with Gasteiger partial charge in [-0.1, -0.05) is 0 Å². The summed E-state index contributed by atoms with van der Waals surface area (Å²) < 4.78 is 0. The molecule has 0 bridgehead atoms. The van der Waals surface area contributed by atoms with Crippen LogP contribution >= 0.6 is 0 Å². The van der Waals surface area contributed by atoms with Gasteiger partial charge in [0.15, 0.2) is 6.29 Å². The Morgan fingerprint density at radius 2 is 1.73 bits per heavy atom. The van der Waals surface area contributed by atoms with E-state index in [2.05, 4.69) is 0 Å². The molecule has 0 amide bonds. The van der Waals surface area contributed by atoms with Crippen molar-refractivity contribution in [3.05, 3.63) is 0 Å². The molecule has 0 fully saturated rings. The van der Waals surface area contributed by atoms with Gasteiger partial charge >= 0.3 is 0 Å². The summed E-state index contributed by atoms with van der Waals surface area (Å²) in [5.41, 5.74) is 0. The van der Waals surface area contributed by atoms with Crippen LogP contribution in [0, 0.1) is 5.92 Å². The second-order valence-corrected chi connectivity index (χ2v) is 2.54. The molecule has 2 N–H and O–H groups in total. The van der Waals surface area contributed by atoms with Crippen molar-refractivity contribution in [3.63, 3.8) is 0 Å². The molecule has 0 saturated heterocycles. The van der Waals surface area contributed by atoms with Crippen LogP contribution in [0.3, 0.4) is 0 Å². The molecule has 11 heavy (non-hydrogen) atoms.